The Morgan fingerprint density at radius 3 is 2.82 bits per heavy atom. The van der Waals surface area contributed by atoms with Gasteiger partial charge in [-0.05, 0) is 19.8 Å². The highest BCUT2D eigenvalue weighted by Gasteiger charge is 2.65. The second-order valence-electron chi connectivity index (χ2n) is 6.22. The number of rotatable bonds is 2. The predicted octanol–water partition coefficient (Wildman–Crippen LogP) is 0.782. The van der Waals surface area contributed by atoms with Gasteiger partial charge in [-0.1, -0.05) is 12.8 Å². The molecule has 0 aromatic heterocycles. The van der Waals surface area contributed by atoms with Gasteiger partial charge in [-0.3, -0.25) is 5.32 Å². The minimum Gasteiger partial charge on any atom is -0.387 e. The molecule has 4 heteroatoms. The van der Waals surface area contributed by atoms with Gasteiger partial charge in [0.2, 0.25) is 0 Å². The smallest absolute Gasteiger partial charge is 0.138 e. The highest BCUT2D eigenvalue weighted by atomic mass is 16.6. The van der Waals surface area contributed by atoms with Crippen molar-refractivity contribution in [2.24, 2.45) is 5.92 Å². The molecule has 96 valence electrons. The van der Waals surface area contributed by atoms with E-state index in [-0.39, 0.29) is 18.4 Å². The zero-order chi connectivity index (χ0) is 11.6. The van der Waals surface area contributed by atoms with Crippen LogP contribution in [-0.2, 0) is 9.47 Å². The molecule has 4 aliphatic rings. The third-order valence-electron chi connectivity index (χ3n) is 5.14. The summed E-state index contributed by atoms with van der Waals surface area (Å²) in [7, 11) is 0. The lowest BCUT2D eigenvalue weighted by atomic mass is 9.68. The van der Waals surface area contributed by atoms with Gasteiger partial charge in [-0.15, -0.1) is 0 Å². The average Bonchev–Trinajstić information content (AvgIpc) is 3.19. The van der Waals surface area contributed by atoms with Crippen LogP contribution in [-0.4, -0.2) is 41.3 Å². The Balaban J connectivity index is 1.57. The summed E-state index contributed by atoms with van der Waals surface area (Å²) in [5, 5.41) is 14.6. The molecular formula is C13H21NO3. The maximum absolute atomic E-state index is 11.1. The van der Waals surface area contributed by atoms with E-state index in [0.717, 1.165) is 12.8 Å². The third kappa shape index (κ3) is 1.58. The van der Waals surface area contributed by atoms with Crippen molar-refractivity contribution in [2.45, 2.75) is 75.2 Å². The van der Waals surface area contributed by atoms with E-state index in [9.17, 15) is 5.11 Å². The zero-order valence-corrected chi connectivity index (χ0v) is 10.3. The third-order valence-corrected chi connectivity index (χ3v) is 5.14. The second kappa shape index (κ2) is 3.44. The molecule has 3 saturated heterocycles. The number of hydrogen-bond acceptors (Lipinski definition) is 4. The van der Waals surface area contributed by atoms with E-state index < -0.39 is 5.60 Å². The first-order valence-corrected chi connectivity index (χ1v) is 6.98. The largest absolute Gasteiger partial charge is 0.387 e. The Kier molecular flexibility index (Phi) is 2.17. The number of piperidine rings is 1. The predicted molar refractivity (Wildman–Crippen MR) is 61.4 cm³/mol. The standard InChI is InChI=1S/C13H21NO3/c1-7-10(16-7)6-13(15)8-4-2-3-5-9(8)14-12-11(13)17-12/h7-12,14-15H,2-6H2,1H3/t7?,8?,9?,10?,11?,12?,13-/m0/s1. The quantitative estimate of drug-likeness (QED) is 0.699. The Bertz CT molecular complexity index is 337. The first kappa shape index (κ1) is 10.7. The van der Waals surface area contributed by atoms with E-state index in [2.05, 4.69) is 12.2 Å². The maximum Gasteiger partial charge on any atom is 0.138 e. The molecule has 0 bridgehead atoms. The lowest BCUT2D eigenvalue weighted by Gasteiger charge is -2.45. The first-order valence-electron chi connectivity index (χ1n) is 6.98. The second-order valence-corrected chi connectivity index (χ2v) is 6.22. The van der Waals surface area contributed by atoms with Gasteiger partial charge in [-0.2, -0.15) is 0 Å². The minimum absolute atomic E-state index is 0.0123. The summed E-state index contributed by atoms with van der Waals surface area (Å²) in [4.78, 5) is 0. The molecule has 4 fully saturated rings. The van der Waals surface area contributed by atoms with Gasteiger partial charge in [0.05, 0.1) is 12.2 Å². The van der Waals surface area contributed by atoms with Crippen molar-refractivity contribution in [1.29, 1.82) is 0 Å². The fourth-order valence-corrected chi connectivity index (χ4v) is 4.00. The molecule has 3 aliphatic heterocycles. The average molecular weight is 239 g/mol. The van der Waals surface area contributed by atoms with Crippen molar-refractivity contribution in [3.63, 3.8) is 0 Å². The van der Waals surface area contributed by atoms with E-state index in [1.807, 2.05) is 0 Å². The van der Waals surface area contributed by atoms with Crippen LogP contribution in [0.3, 0.4) is 0 Å². The number of ether oxygens (including phenoxy) is 2. The molecule has 0 amide bonds. The number of epoxide rings is 2. The minimum atomic E-state index is -0.642. The molecule has 17 heavy (non-hydrogen) atoms. The van der Waals surface area contributed by atoms with Gasteiger partial charge < -0.3 is 14.6 Å². The first-order chi connectivity index (χ1) is 8.18. The summed E-state index contributed by atoms with van der Waals surface area (Å²) in [5.74, 6) is 0.358. The number of nitrogens with one attached hydrogen (secondary N) is 1. The summed E-state index contributed by atoms with van der Waals surface area (Å²) in [6.07, 6.45) is 6.28. The summed E-state index contributed by atoms with van der Waals surface area (Å²) >= 11 is 0. The topological polar surface area (TPSA) is 57.3 Å². The van der Waals surface area contributed by atoms with E-state index in [0.29, 0.717) is 18.1 Å². The fourth-order valence-electron chi connectivity index (χ4n) is 4.00. The molecule has 7 atom stereocenters. The normalized spacial score (nSPS) is 60.4. The van der Waals surface area contributed by atoms with Crippen LogP contribution in [0.5, 0.6) is 0 Å². The molecule has 4 nitrogen and oxygen atoms in total. The SMILES string of the molecule is CC1OC1C[C@]1(O)C2CCCCC2NC2OC21. The lowest BCUT2D eigenvalue weighted by molar-refractivity contribution is -0.0821. The van der Waals surface area contributed by atoms with Gasteiger partial charge in [0, 0.05) is 18.4 Å². The zero-order valence-electron chi connectivity index (χ0n) is 10.3. The monoisotopic (exact) mass is 239 g/mol. The van der Waals surface area contributed by atoms with Crippen LogP contribution in [0.25, 0.3) is 0 Å². The van der Waals surface area contributed by atoms with Crippen molar-refractivity contribution >= 4 is 0 Å². The molecule has 0 radical (unpaired) electrons. The molecule has 0 aromatic carbocycles. The molecule has 1 saturated carbocycles. The van der Waals surface area contributed by atoms with Gasteiger partial charge in [0.15, 0.2) is 0 Å². The van der Waals surface area contributed by atoms with Gasteiger partial charge in [0.1, 0.15) is 17.9 Å². The van der Waals surface area contributed by atoms with E-state index in [1.54, 1.807) is 0 Å². The van der Waals surface area contributed by atoms with Crippen LogP contribution in [0, 0.1) is 5.92 Å². The summed E-state index contributed by atoms with van der Waals surface area (Å²) in [6, 6.07) is 0.451. The van der Waals surface area contributed by atoms with E-state index >= 15 is 0 Å². The Morgan fingerprint density at radius 1 is 1.29 bits per heavy atom. The number of fused-ring (bicyclic) bond motifs is 2. The Labute approximate surface area is 102 Å². The van der Waals surface area contributed by atoms with Crippen LogP contribution in [0.2, 0.25) is 0 Å². The summed E-state index contributed by atoms with van der Waals surface area (Å²) < 4.78 is 11.1. The van der Waals surface area contributed by atoms with E-state index in [4.69, 9.17) is 9.47 Å². The van der Waals surface area contributed by atoms with Crippen LogP contribution in [0.4, 0.5) is 0 Å². The molecule has 0 aromatic rings. The molecule has 1 aliphatic carbocycles. The van der Waals surface area contributed by atoms with E-state index in [1.165, 1.54) is 19.3 Å². The number of hydrogen-bond donors (Lipinski definition) is 2. The van der Waals surface area contributed by atoms with Crippen molar-refractivity contribution in [3.8, 4) is 0 Å². The van der Waals surface area contributed by atoms with Crippen LogP contribution in [0.1, 0.15) is 39.0 Å². The summed E-state index contributed by atoms with van der Waals surface area (Å²) in [5.41, 5.74) is -0.642. The van der Waals surface area contributed by atoms with Crippen molar-refractivity contribution in [1.82, 2.24) is 5.32 Å². The summed E-state index contributed by atoms with van der Waals surface area (Å²) in [6.45, 7) is 2.08. The highest BCUT2D eigenvalue weighted by Crippen LogP contribution is 2.50. The molecule has 2 N–H and O–H groups in total. The Morgan fingerprint density at radius 2 is 2.06 bits per heavy atom. The molecular weight excluding hydrogens is 218 g/mol. The molecule has 0 spiro atoms. The van der Waals surface area contributed by atoms with Crippen molar-refractivity contribution < 1.29 is 14.6 Å². The lowest BCUT2D eigenvalue weighted by Crippen LogP contribution is -2.60. The molecule has 6 unspecified atom stereocenters. The number of aliphatic hydroxyl groups is 1. The maximum atomic E-state index is 11.1. The highest BCUT2D eigenvalue weighted by molar-refractivity contribution is 5.14. The van der Waals surface area contributed by atoms with Gasteiger partial charge >= 0.3 is 0 Å². The Hall–Kier alpha value is -0.160. The van der Waals surface area contributed by atoms with Crippen LogP contribution in [0.15, 0.2) is 0 Å². The fraction of sp³-hybridized carbons (Fsp3) is 1.00. The molecule has 3 heterocycles. The van der Waals surface area contributed by atoms with Gasteiger partial charge in [0.25, 0.3) is 0 Å². The van der Waals surface area contributed by atoms with Crippen molar-refractivity contribution in [2.75, 3.05) is 0 Å². The van der Waals surface area contributed by atoms with Crippen LogP contribution < -0.4 is 5.32 Å². The van der Waals surface area contributed by atoms with Crippen LogP contribution >= 0.6 is 0 Å². The van der Waals surface area contributed by atoms with Gasteiger partial charge in [-0.25, -0.2) is 0 Å². The van der Waals surface area contributed by atoms with Crippen molar-refractivity contribution in [3.05, 3.63) is 0 Å². The molecule has 4 rings (SSSR count).